The number of aryl methyl sites for hydroxylation is 1. The van der Waals surface area contributed by atoms with E-state index in [0.29, 0.717) is 0 Å². The molecule has 0 spiro atoms. The van der Waals surface area contributed by atoms with Gasteiger partial charge in [0, 0.05) is 0 Å². The number of hydrogen-bond donors (Lipinski definition) is 1. The number of oxazole rings is 2. The second-order valence-electron chi connectivity index (χ2n) is 11.7. The van der Waals surface area contributed by atoms with Crippen LogP contribution >= 0.6 is 0 Å². The minimum atomic E-state index is -2.99. The summed E-state index contributed by atoms with van der Waals surface area (Å²) in [5.74, 6) is -0.123. The van der Waals surface area contributed by atoms with Gasteiger partial charge in [-0.3, -0.25) is 0 Å². The van der Waals surface area contributed by atoms with Crippen LogP contribution in [0.25, 0.3) is 11.6 Å². The van der Waals surface area contributed by atoms with Crippen molar-refractivity contribution in [3.8, 4) is 11.6 Å². The van der Waals surface area contributed by atoms with Gasteiger partial charge in [0.25, 0.3) is 8.32 Å². The highest BCUT2D eigenvalue weighted by molar-refractivity contribution is 6.99. The number of ether oxygens (including phenoxy) is 2. The maximum atomic E-state index is 13.2. The summed E-state index contributed by atoms with van der Waals surface area (Å²) < 4.78 is 29.0. The van der Waals surface area contributed by atoms with Crippen molar-refractivity contribution in [2.75, 3.05) is 13.7 Å². The van der Waals surface area contributed by atoms with Crippen LogP contribution in [0.4, 0.5) is 4.79 Å². The van der Waals surface area contributed by atoms with Gasteiger partial charge in [-0.1, -0.05) is 112 Å². The van der Waals surface area contributed by atoms with E-state index in [-0.39, 0.29) is 47.2 Å². The molecule has 2 aromatic heterocycles. The first-order valence-corrected chi connectivity index (χ1v) is 16.8. The van der Waals surface area contributed by atoms with Crippen LogP contribution in [-0.2, 0) is 20.5 Å². The number of nitrogens with one attached hydrogen (secondary N) is 1. The van der Waals surface area contributed by atoms with Crippen LogP contribution in [0, 0.1) is 6.92 Å². The number of esters is 1. The van der Waals surface area contributed by atoms with Crippen LogP contribution in [0.3, 0.4) is 0 Å². The van der Waals surface area contributed by atoms with E-state index in [2.05, 4.69) is 60.3 Å². The molecular weight excluding hydrogens is 602 g/mol. The first kappa shape index (κ1) is 32.4. The summed E-state index contributed by atoms with van der Waals surface area (Å²) in [6, 6.07) is 28.9. The van der Waals surface area contributed by atoms with E-state index in [9.17, 15) is 9.59 Å². The Bertz CT molecular complexity index is 1710. The van der Waals surface area contributed by atoms with Crippen LogP contribution in [0.1, 0.15) is 54.5 Å². The molecule has 10 nitrogen and oxygen atoms in total. The molecule has 0 saturated heterocycles. The molecule has 0 unspecified atom stereocenters. The molecule has 0 aliphatic rings. The molecule has 238 valence electrons. The maximum Gasteiger partial charge on any atom is 0.408 e. The van der Waals surface area contributed by atoms with Crippen molar-refractivity contribution in [1.82, 2.24) is 15.3 Å². The van der Waals surface area contributed by atoms with Gasteiger partial charge in [-0.25, -0.2) is 19.6 Å². The van der Waals surface area contributed by atoms with Gasteiger partial charge in [0.2, 0.25) is 11.8 Å². The van der Waals surface area contributed by atoms with Gasteiger partial charge in [0.1, 0.15) is 24.7 Å². The summed E-state index contributed by atoms with van der Waals surface area (Å²) in [4.78, 5) is 34.1. The van der Waals surface area contributed by atoms with Crippen LogP contribution < -0.4 is 15.7 Å². The first-order chi connectivity index (χ1) is 22.1. The molecule has 0 saturated carbocycles. The Balaban J connectivity index is 1.49. The highest BCUT2D eigenvalue weighted by atomic mass is 28.4. The van der Waals surface area contributed by atoms with Crippen LogP contribution in [0.15, 0.2) is 106 Å². The SMILES string of the molecule is COC(=O)c1nc(-c2coc([C@H](CO[Si](c3ccccc3)(c3ccccc3)C(C)(C)C)NC(=O)OCc3ccccc3)n2)oc1C. The van der Waals surface area contributed by atoms with Crippen LogP contribution in [0.5, 0.6) is 0 Å². The molecule has 0 radical (unpaired) electrons. The van der Waals surface area contributed by atoms with Crippen molar-refractivity contribution in [2.24, 2.45) is 0 Å². The number of carbonyl (C=O) groups excluding carboxylic acids is 2. The maximum absolute atomic E-state index is 13.2. The molecule has 0 fully saturated rings. The molecule has 0 aliphatic heterocycles. The van der Waals surface area contributed by atoms with Gasteiger partial charge in [-0.05, 0) is 27.9 Å². The highest BCUT2D eigenvalue weighted by Gasteiger charge is 2.50. The Labute approximate surface area is 268 Å². The van der Waals surface area contributed by atoms with E-state index in [4.69, 9.17) is 22.7 Å². The first-order valence-electron chi connectivity index (χ1n) is 14.9. The number of rotatable bonds is 11. The number of methoxy groups -OCH3 is 1. The summed E-state index contributed by atoms with van der Waals surface area (Å²) in [5.41, 5.74) is 1.12. The van der Waals surface area contributed by atoms with Gasteiger partial charge < -0.3 is 28.1 Å². The van der Waals surface area contributed by atoms with Crippen molar-refractivity contribution in [3.05, 3.63) is 120 Å². The van der Waals surface area contributed by atoms with E-state index in [0.717, 1.165) is 15.9 Å². The summed E-state index contributed by atoms with van der Waals surface area (Å²) in [6.45, 7) is 8.21. The fourth-order valence-corrected chi connectivity index (χ4v) is 9.96. The Morgan fingerprint density at radius 1 is 0.891 bits per heavy atom. The number of alkyl carbamates (subject to hydrolysis) is 1. The lowest BCUT2D eigenvalue weighted by Crippen LogP contribution is -2.67. The molecule has 0 bridgehead atoms. The van der Waals surface area contributed by atoms with Gasteiger partial charge in [-0.2, -0.15) is 0 Å². The zero-order valence-electron chi connectivity index (χ0n) is 26.5. The van der Waals surface area contributed by atoms with Gasteiger partial charge in [0.15, 0.2) is 11.4 Å². The Morgan fingerprint density at radius 2 is 1.48 bits per heavy atom. The Kier molecular flexibility index (Phi) is 9.83. The van der Waals surface area contributed by atoms with E-state index < -0.39 is 26.4 Å². The summed E-state index contributed by atoms with van der Waals surface area (Å²) in [5, 5.41) is 4.75. The lowest BCUT2D eigenvalue weighted by Gasteiger charge is -2.43. The fourth-order valence-electron chi connectivity index (χ4n) is 5.39. The van der Waals surface area contributed by atoms with Crippen molar-refractivity contribution in [2.45, 2.75) is 45.4 Å². The van der Waals surface area contributed by atoms with Crippen LogP contribution in [-0.4, -0.2) is 44.1 Å². The Morgan fingerprint density at radius 3 is 2.04 bits per heavy atom. The van der Waals surface area contributed by atoms with Gasteiger partial charge in [-0.15, -0.1) is 0 Å². The summed E-state index contributed by atoms with van der Waals surface area (Å²) in [7, 11) is -1.72. The fraction of sp³-hybridized carbons (Fsp3) is 0.257. The van der Waals surface area contributed by atoms with Gasteiger partial charge in [0.05, 0.1) is 13.7 Å². The highest BCUT2D eigenvalue weighted by Crippen LogP contribution is 2.37. The number of amides is 1. The topological polar surface area (TPSA) is 126 Å². The lowest BCUT2D eigenvalue weighted by atomic mass is 10.2. The number of nitrogens with zero attached hydrogens (tertiary/aromatic N) is 2. The van der Waals surface area contributed by atoms with Crippen molar-refractivity contribution < 1.29 is 32.3 Å². The zero-order valence-corrected chi connectivity index (χ0v) is 27.5. The van der Waals surface area contributed by atoms with E-state index in [1.807, 2.05) is 66.7 Å². The number of carbonyl (C=O) groups is 2. The monoisotopic (exact) mass is 639 g/mol. The standard InChI is InChI=1S/C35H37N3O7Si/c1-24-30(33(39)41-5)38-32(45-24)28-22-42-31(36-28)29(37-34(40)43-21-25-15-9-6-10-16-25)23-44-46(35(2,3)4,26-17-11-7-12-18-26)27-19-13-8-14-20-27/h6-20,22,29H,21,23H2,1-5H3,(H,37,40)/t29-/m0/s1. The third-order valence-corrected chi connectivity index (χ3v) is 12.6. The van der Waals surface area contributed by atoms with E-state index in [1.165, 1.54) is 13.4 Å². The molecule has 3 aromatic carbocycles. The number of aromatic nitrogens is 2. The lowest BCUT2D eigenvalue weighted by molar-refractivity contribution is 0.0592. The Hall–Kier alpha value is -5.00. The molecule has 0 aliphatic carbocycles. The molecule has 11 heteroatoms. The molecule has 5 aromatic rings. The average molecular weight is 640 g/mol. The number of hydrogen-bond acceptors (Lipinski definition) is 9. The molecule has 1 atom stereocenters. The second-order valence-corrected chi connectivity index (χ2v) is 16.0. The van der Waals surface area contributed by atoms with Crippen molar-refractivity contribution in [3.63, 3.8) is 0 Å². The predicted octanol–water partition coefficient (Wildman–Crippen LogP) is 5.97. The molecule has 46 heavy (non-hydrogen) atoms. The molecule has 1 amide bonds. The average Bonchev–Trinajstić information content (AvgIpc) is 3.71. The quantitative estimate of drug-likeness (QED) is 0.137. The summed E-state index contributed by atoms with van der Waals surface area (Å²) >= 11 is 0. The molecule has 2 heterocycles. The molecule has 5 rings (SSSR count). The smallest absolute Gasteiger partial charge is 0.408 e. The van der Waals surface area contributed by atoms with E-state index >= 15 is 0 Å². The van der Waals surface area contributed by atoms with E-state index in [1.54, 1.807) is 6.92 Å². The van der Waals surface area contributed by atoms with Crippen LogP contribution in [0.2, 0.25) is 5.04 Å². The summed E-state index contributed by atoms with van der Waals surface area (Å²) in [6.07, 6.45) is 0.689. The minimum Gasteiger partial charge on any atom is -0.464 e. The van der Waals surface area contributed by atoms with Crippen molar-refractivity contribution in [1.29, 1.82) is 0 Å². The largest absolute Gasteiger partial charge is 0.464 e. The zero-order chi connectivity index (χ0) is 32.7. The van der Waals surface area contributed by atoms with Gasteiger partial charge >= 0.3 is 12.1 Å². The predicted molar refractivity (Wildman–Crippen MR) is 174 cm³/mol. The second kappa shape index (κ2) is 14.0. The molecule has 1 N–H and O–H groups in total. The minimum absolute atomic E-state index is 0.0195. The normalized spacial score (nSPS) is 12.4. The van der Waals surface area contributed by atoms with Crippen molar-refractivity contribution >= 4 is 30.8 Å². The molecular formula is C35H37N3O7Si. The number of benzene rings is 3. The third kappa shape index (κ3) is 6.95. The third-order valence-electron chi connectivity index (χ3n) is 7.60.